The Bertz CT molecular complexity index is 839. The maximum atomic E-state index is 6.18. The molecule has 0 spiro atoms. The number of benzene rings is 2. The summed E-state index contributed by atoms with van der Waals surface area (Å²) in [4.78, 5) is 4.27. The van der Waals surface area contributed by atoms with Gasteiger partial charge in [-0.25, -0.2) is 0 Å². The lowest BCUT2D eigenvalue weighted by molar-refractivity contribution is 0.488. The van der Waals surface area contributed by atoms with Crippen LogP contribution in [0.2, 0.25) is 10.0 Å². The number of hydrogen-bond acceptors (Lipinski definition) is 3. The van der Waals surface area contributed by atoms with Gasteiger partial charge in [-0.3, -0.25) is 4.98 Å². The predicted octanol–water partition coefficient (Wildman–Crippen LogP) is 5.68. The van der Waals surface area contributed by atoms with Crippen LogP contribution in [0.5, 0.6) is 11.5 Å². The van der Waals surface area contributed by atoms with Crippen molar-refractivity contribution < 1.29 is 4.74 Å². The lowest BCUT2D eigenvalue weighted by Crippen LogP contribution is -1.92. The molecule has 3 rings (SSSR count). The first-order chi connectivity index (χ1) is 10.1. The van der Waals surface area contributed by atoms with Crippen molar-refractivity contribution >= 4 is 55.7 Å². The number of ether oxygens (including phenoxy) is 1. The molecule has 0 unspecified atom stereocenters. The number of nitrogen functional groups attached to an aromatic ring is 1. The smallest absolute Gasteiger partial charge is 0.147 e. The number of aromatic nitrogens is 1. The van der Waals surface area contributed by atoms with Gasteiger partial charge in [0.2, 0.25) is 0 Å². The Balaban J connectivity index is 2.11. The molecule has 0 amide bonds. The van der Waals surface area contributed by atoms with Crippen LogP contribution in [0, 0.1) is 0 Å². The van der Waals surface area contributed by atoms with Crippen LogP contribution < -0.4 is 10.5 Å². The van der Waals surface area contributed by atoms with Crippen molar-refractivity contribution in [1.29, 1.82) is 0 Å². The summed E-state index contributed by atoms with van der Waals surface area (Å²) in [6, 6.07) is 10.6. The molecule has 106 valence electrons. The van der Waals surface area contributed by atoms with Crippen LogP contribution in [-0.2, 0) is 0 Å². The molecule has 0 fully saturated rings. The molecule has 1 aromatic heterocycles. The van der Waals surface area contributed by atoms with E-state index in [0.717, 1.165) is 5.39 Å². The third-order valence-electron chi connectivity index (χ3n) is 2.96. The Morgan fingerprint density at radius 1 is 1.05 bits per heavy atom. The zero-order valence-corrected chi connectivity index (χ0v) is 13.7. The second kappa shape index (κ2) is 5.72. The number of anilines is 1. The average Bonchev–Trinajstić information content (AvgIpc) is 2.46. The van der Waals surface area contributed by atoms with Gasteiger partial charge in [0.25, 0.3) is 0 Å². The van der Waals surface area contributed by atoms with Gasteiger partial charge in [0.1, 0.15) is 11.5 Å². The van der Waals surface area contributed by atoms with E-state index in [1.54, 1.807) is 30.5 Å². The summed E-state index contributed by atoms with van der Waals surface area (Å²) in [5.74, 6) is 1.09. The summed E-state index contributed by atoms with van der Waals surface area (Å²) in [6.07, 6.45) is 1.64. The first-order valence-corrected chi connectivity index (χ1v) is 7.57. The Labute approximate surface area is 139 Å². The van der Waals surface area contributed by atoms with Gasteiger partial charge in [0.15, 0.2) is 0 Å². The number of fused-ring (bicyclic) bond motifs is 1. The van der Waals surface area contributed by atoms with Crippen LogP contribution in [0.1, 0.15) is 0 Å². The SMILES string of the molecule is Nc1cccc2c(Oc3cc(Cl)c(Br)cc3Cl)ccnc12. The van der Waals surface area contributed by atoms with E-state index in [1.165, 1.54) is 0 Å². The van der Waals surface area contributed by atoms with Crippen molar-refractivity contribution in [3.63, 3.8) is 0 Å². The van der Waals surface area contributed by atoms with Gasteiger partial charge < -0.3 is 10.5 Å². The molecular formula is C15H9BrCl2N2O. The molecule has 2 aromatic carbocycles. The summed E-state index contributed by atoms with van der Waals surface area (Å²) in [5, 5.41) is 1.79. The zero-order valence-electron chi connectivity index (χ0n) is 10.6. The van der Waals surface area contributed by atoms with E-state index in [0.29, 0.717) is 37.2 Å². The highest BCUT2D eigenvalue weighted by atomic mass is 79.9. The highest BCUT2D eigenvalue weighted by molar-refractivity contribution is 9.10. The monoisotopic (exact) mass is 382 g/mol. The zero-order chi connectivity index (χ0) is 15.0. The van der Waals surface area contributed by atoms with Crippen LogP contribution in [0.3, 0.4) is 0 Å². The minimum absolute atomic E-state index is 0.458. The Kier molecular flexibility index (Phi) is 3.93. The van der Waals surface area contributed by atoms with Gasteiger partial charge in [-0.05, 0) is 40.2 Å². The summed E-state index contributed by atoms with van der Waals surface area (Å²) >= 11 is 15.6. The minimum Gasteiger partial charge on any atom is -0.455 e. The van der Waals surface area contributed by atoms with E-state index in [-0.39, 0.29) is 0 Å². The number of halogens is 3. The fraction of sp³-hybridized carbons (Fsp3) is 0. The molecule has 3 nitrogen and oxygen atoms in total. The van der Waals surface area contributed by atoms with Crippen LogP contribution in [0.15, 0.2) is 47.1 Å². The Hall–Kier alpha value is -1.49. The topological polar surface area (TPSA) is 48.1 Å². The van der Waals surface area contributed by atoms with E-state index >= 15 is 0 Å². The molecule has 6 heteroatoms. The summed E-state index contributed by atoms with van der Waals surface area (Å²) < 4.78 is 6.59. The summed E-state index contributed by atoms with van der Waals surface area (Å²) in [5.41, 5.74) is 7.21. The number of nitrogens with zero attached hydrogens (tertiary/aromatic N) is 1. The van der Waals surface area contributed by atoms with E-state index < -0.39 is 0 Å². The quantitative estimate of drug-likeness (QED) is 0.457. The van der Waals surface area contributed by atoms with E-state index in [1.807, 2.05) is 12.1 Å². The van der Waals surface area contributed by atoms with Crippen molar-refractivity contribution in [2.24, 2.45) is 0 Å². The van der Waals surface area contributed by atoms with Crippen molar-refractivity contribution in [2.75, 3.05) is 5.73 Å². The standard InChI is InChI=1S/C15H9BrCl2N2O/c16-9-6-11(18)14(7-10(9)17)21-13-4-5-20-15-8(13)2-1-3-12(15)19/h1-7H,19H2. The molecule has 0 saturated carbocycles. The highest BCUT2D eigenvalue weighted by Gasteiger charge is 2.11. The molecule has 2 N–H and O–H groups in total. The molecule has 0 atom stereocenters. The maximum absolute atomic E-state index is 6.18. The molecule has 0 aliphatic carbocycles. The fourth-order valence-electron chi connectivity index (χ4n) is 1.96. The number of rotatable bonds is 2. The fourth-order valence-corrected chi connectivity index (χ4v) is 2.79. The second-order valence-electron chi connectivity index (χ2n) is 4.35. The molecule has 0 bridgehead atoms. The van der Waals surface area contributed by atoms with E-state index in [4.69, 9.17) is 33.7 Å². The lowest BCUT2D eigenvalue weighted by Gasteiger charge is -2.11. The highest BCUT2D eigenvalue weighted by Crippen LogP contribution is 2.38. The first kappa shape index (κ1) is 14.4. The molecule has 0 saturated heterocycles. The van der Waals surface area contributed by atoms with E-state index in [2.05, 4.69) is 20.9 Å². The third-order valence-corrected chi connectivity index (χ3v) is 4.45. The molecule has 0 aliphatic rings. The lowest BCUT2D eigenvalue weighted by atomic mass is 10.2. The molecule has 0 radical (unpaired) electrons. The molecular weight excluding hydrogens is 375 g/mol. The average molecular weight is 384 g/mol. The summed E-state index contributed by atoms with van der Waals surface area (Å²) in [6.45, 7) is 0. The van der Waals surface area contributed by atoms with Gasteiger partial charge in [-0.15, -0.1) is 0 Å². The first-order valence-electron chi connectivity index (χ1n) is 6.02. The van der Waals surface area contributed by atoms with E-state index in [9.17, 15) is 0 Å². The van der Waals surface area contributed by atoms with Crippen LogP contribution >= 0.6 is 39.1 Å². The normalized spacial score (nSPS) is 10.8. The van der Waals surface area contributed by atoms with Gasteiger partial charge in [0.05, 0.1) is 21.2 Å². The molecule has 21 heavy (non-hydrogen) atoms. The molecule has 1 heterocycles. The molecule has 3 aromatic rings. The van der Waals surface area contributed by atoms with Crippen LogP contribution in [-0.4, -0.2) is 4.98 Å². The minimum atomic E-state index is 0.458. The van der Waals surface area contributed by atoms with Crippen LogP contribution in [0.25, 0.3) is 10.9 Å². The third kappa shape index (κ3) is 2.79. The predicted molar refractivity (Wildman–Crippen MR) is 90.4 cm³/mol. The van der Waals surface area contributed by atoms with Gasteiger partial charge in [0, 0.05) is 22.1 Å². The maximum Gasteiger partial charge on any atom is 0.147 e. The van der Waals surface area contributed by atoms with Crippen molar-refractivity contribution in [2.45, 2.75) is 0 Å². The van der Waals surface area contributed by atoms with Gasteiger partial charge in [-0.1, -0.05) is 29.3 Å². The largest absolute Gasteiger partial charge is 0.455 e. The number of para-hydroxylation sites is 1. The number of pyridine rings is 1. The molecule has 0 aliphatic heterocycles. The number of nitrogens with two attached hydrogens (primary N) is 1. The number of hydrogen-bond donors (Lipinski definition) is 1. The summed E-state index contributed by atoms with van der Waals surface area (Å²) in [7, 11) is 0. The van der Waals surface area contributed by atoms with Crippen molar-refractivity contribution in [1.82, 2.24) is 4.98 Å². The van der Waals surface area contributed by atoms with Crippen molar-refractivity contribution in [3.8, 4) is 11.5 Å². The van der Waals surface area contributed by atoms with Gasteiger partial charge in [-0.2, -0.15) is 0 Å². The van der Waals surface area contributed by atoms with Crippen LogP contribution in [0.4, 0.5) is 5.69 Å². The van der Waals surface area contributed by atoms with Gasteiger partial charge >= 0.3 is 0 Å². The Morgan fingerprint density at radius 2 is 1.86 bits per heavy atom. The second-order valence-corrected chi connectivity index (χ2v) is 6.02. The Morgan fingerprint density at radius 3 is 2.67 bits per heavy atom. The van der Waals surface area contributed by atoms with Crippen molar-refractivity contribution in [3.05, 3.63) is 57.1 Å².